The van der Waals surface area contributed by atoms with Crippen molar-refractivity contribution in [3.05, 3.63) is 35.9 Å². The van der Waals surface area contributed by atoms with E-state index in [9.17, 15) is 0 Å². The van der Waals surface area contributed by atoms with Crippen molar-refractivity contribution in [1.82, 2.24) is 9.80 Å². The number of piperazine rings is 1. The molecule has 0 N–H and O–H groups in total. The first-order valence-corrected chi connectivity index (χ1v) is 5.87. The van der Waals surface area contributed by atoms with Gasteiger partial charge in [-0.1, -0.05) is 37.3 Å². The van der Waals surface area contributed by atoms with Gasteiger partial charge in [-0.15, -0.1) is 24.8 Å². The topological polar surface area (TPSA) is 6.48 Å². The van der Waals surface area contributed by atoms with Crippen LogP contribution in [0, 0.1) is 0 Å². The molecule has 0 aromatic heterocycles. The van der Waals surface area contributed by atoms with Crippen LogP contribution >= 0.6 is 24.8 Å². The minimum absolute atomic E-state index is 0. The predicted octanol–water partition coefficient (Wildman–Crippen LogP) is 2.67. The van der Waals surface area contributed by atoms with Crippen LogP contribution in [0.25, 0.3) is 0 Å². The van der Waals surface area contributed by atoms with Gasteiger partial charge in [-0.05, 0) is 12.1 Å². The lowest BCUT2D eigenvalue weighted by molar-refractivity contribution is 0.132. The van der Waals surface area contributed by atoms with Gasteiger partial charge in [0.2, 0.25) is 0 Å². The Kier molecular flexibility index (Phi) is 8.61. The van der Waals surface area contributed by atoms with Gasteiger partial charge in [-0.3, -0.25) is 4.90 Å². The molecule has 0 unspecified atom stereocenters. The highest BCUT2D eigenvalue weighted by Gasteiger charge is 2.14. The number of halogens is 2. The van der Waals surface area contributed by atoms with Crippen molar-refractivity contribution in [3.8, 4) is 0 Å². The molecule has 0 saturated carbocycles. The minimum atomic E-state index is 0. The molecule has 0 bridgehead atoms. The summed E-state index contributed by atoms with van der Waals surface area (Å²) in [6.07, 6.45) is 0. The van der Waals surface area contributed by atoms with Gasteiger partial charge in [-0.25, -0.2) is 0 Å². The van der Waals surface area contributed by atoms with Gasteiger partial charge in [0.15, 0.2) is 0 Å². The van der Waals surface area contributed by atoms with Crippen LogP contribution in [0.5, 0.6) is 0 Å². The standard InChI is InChI=1S/C13H20N2.2ClH/c1-2-14-8-10-15(11-9-14)12-13-6-4-3-5-7-13;;/h3-7H,2,8-12H2,1H3;2*1H. The average molecular weight is 277 g/mol. The van der Waals surface area contributed by atoms with E-state index in [-0.39, 0.29) is 24.8 Å². The Morgan fingerprint density at radius 3 is 1.94 bits per heavy atom. The third kappa shape index (κ3) is 5.26. The van der Waals surface area contributed by atoms with E-state index < -0.39 is 0 Å². The Labute approximate surface area is 117 Å². The fourth-order valence-corrected chi connectivity index (χ4v) is 2.11. The Morgan fingerprint density at radius 2 is 1.41 bits per heavy atom. The van der Waals surface area contributed by atoms with Gasteiger partial charge in [0.1, 0.15) is 0 Å². The fraction of sp³-hybridized carbons (Fsp3) is 0.538. The predicted molar refractivity (Wildman–Crippen MR) is 78.3 cm³/mol. The molecule has 0 atom stereocenters. The second-order valence-electron chi connectivity index (χ2n) is 4.20. The quantitative estimate of drug-likeness (QED) is 0.838. The molecule has 0 spiro atoms. The number of benzene rings is 1. The van der Waals surface area contributed by atoms with Crippen molar-refractivity contribution in [2.45, 2.75) is 13.5 Å². The molecule has 0 amide bonds. The van der Waals surface area contributed by atoms with Gasteiger partial charge in [0.05, 0.1) is 0 Å². The fourth-order valence-electron chi connectivity index (χ4n) is 2.11. The van der Waals surface area contributed by atoms with Crippen LogP contribution in [-0.2, 0) is 6.54 Å². The first-order valence-electron chi connectivity index (χ1n) is 5.87. The first-order chi connectivity index (χ1) is 7.38. The van der Waals surface area contributed by atoms with Crippen molar-refractivity contribution >= 4 is 24.8 Å². The zero-order valence-electron chi connectivity index (χ0n) is 10.3. The summed E-state index contributed by atoms with van der Waals surface area (Å²) in [7, 11) is 0. The number of nitrogens with zero attached hydrogens (tertiary/aromatic N) is 2. The van der Waals surface area contributed by atoms with Crippen molar-refractivity contribution in [3.63, 3.8) is 0 Å². The number of likely N-dealkylation sites (N-methyl/N-ethyl adjacent to an activating group) is 1. The van der Waals surface area contributed by atoms with E-state index in [1.54, 1.807) is 0 Å². The average Bonchev–Trinajstić information content (AvgIpc) is 2.31. The SMILES string of the molecule is CCN1CCN(Cc2ccccc2)CC1.Cl.Cl. The minimum Gasteiger partial charge on any atom is -0.301 e. The Balaban J connectivity index is 0.00000128. The maximum absolute atomic E-state index is 2.54. The number of hydrogen-bond acceptors (Lipinski definition) is 2. The third-order valence-corrected chi connectivity index (χ3v) is 3.16. The lowest BCUT2D eigenvalue weighted by Crippen LogP contribution is -2.45. The highest BCUT2D eigenvalue weighted by Crippen LogP contribution is 2.07. The van der Waals surface area contributed by atoms with Crippen molar-refractivity contribution in [1.29, 1.82) is 0 Å². The Hall–Kier alpha value is -0.280. The molecule has 1 fully saturated rings. The van der Waals surface area contributed by atoms with Crippen LogP contribution in [0.15, 0.2) is 30.3 Å². The van der Waals surface area contributed by atoms with Gasteiger partial charge in [0.25, 0.3) is 0 Å². The lowest BCUT2D eigenvalue weighted by Gasteiger charge is -2.34. The molecular formula is C13H22Cl2N2. The van der Waals surface area contributed by atoms with Gasteiger partial charge < -0.3 is 4.90 Å². The molecule has 1 aromatic carbocycles. The number of hydrogen-bond donors (Lipinski definition) is 0. The van der Waals surface area contributed by atoms with Gasteiger partial charge in [-0.2, -0.15) is 0 Å². The third-order valence-electron chi connectivity index (χ3n) is 3.16. The van der Waals surface area contributed by atoms with Crippen molar-refractivity contribution in [2.24, 2.45) is 0 Å². The summed E-state index contributed by atoms with van der Waals surface area (Å²) in [5, 5.41) is 0. The summed E-state index contributed by atoms with van der Waals surface area (Å²) in [6.45, 7) is 9.42. The Bertz CT molecular complexity index is 285. The van der Waals surface area contributed by atoms with Crippen LogP contribution in [-0.4, -0.2) is 42.5 Å². The highest BCUT2D eigenvalue weighted by molar-refractivity contribution is 5.85. The van der Waals surface area contributed by atoms with E-state index in [2.05, 4.69) is 47.1 Å². The summed E-state index contributed by atoms with van der Waals surface area (Å²) in [5.41, 5.74) is 1.43. The summed E-state index contributed by atoms with van der Waals surface area (Å²) in [4.78, 5) is 5.06. The molecular weight excluding hydrogens is 255 g/mol. The smallest absolute Gasteiger partial charge is 0.0234 e. The maximum atomic E-state index is 2.54. The first kappa shape index (κ1) is 16.7. The molecule has 0 radical (unpaired) electrons. The second kappa shape index (κ2) is 8.76. The molecule has 1 aromatic rings. The lowest BCUT2D eigenvalue weighted by atomic mass is 10.2. The maximum Gasteiger partial charge on any atom is 0.0234 e. The van der Waals surface area contributed by atoms with E-state index in [1.807, 2.05) is 0 Å². The molecule has 17 heavy (non-hydrogen) atoms. The molecule has 98 valence electrons. The largest absolute Gasteiger partial charge is 0.301 e. The van der Waals surface area contributed by atoms with Crippen LogP contribution in [0.3, 0.4) is 0 Å². The summed E-state index contributed by atoms with van der Waals surface area (Å²) < 4.78 is 0. The zero-order valence-corrected chi connectivity index (χ0v) is 12.0. The highest BCUT2D eigenvalue weighted by atomic mass is 35.5. The van der Waals surface area contributed by atoms with Gasteiger partial charge in [0, 0.05) is 32.7 Å². The zero-order chi connectivity index (χ0) is 10.5. The summed E-state index contributed by atoms with van der Waals surface area (Å²) in [5.74, 6) is 0. The molecule has 1 aliphatic heterocycles. The summed E-state index contributed by atoms with van der Waals surface area (Å²) in [6, 6.07) is 10.8. The molecule has 2 nitrogen and oxygen atoms in total. The molecule has 1 heterocycles. The van der Waals surface area contributed by atoms with Crippen molar-refractivity contribution in [2.75, 3.05) is 32.7 Å². The molecule has 1 saturated heterocycles. The molecule has 0 aliphatic carbocycles. The Morgan fingerprint density at radius 1 is 0.882 bits per heavy atom. The van der Waals surface area contributed by atoms with E-state index in [0.717, 1.165) is 6.54 Å². The normalized spacial score (nSPS) is 17.0. The molecule has 4 heteroatoms. The van der Waals surface area contributed by atoms with Crippen LogP contribution in [0.2, 0.25) is 0 Å². The van der Waals surface area contributed by atoms with Crippen LogP contribution in [0.4, 0.5) is 0 Å². The monoisotopic (exact) mass is 276 g/mol. The summed E-state index contributed by atoms with van der Waals surface area (Å²) >= 11 is 0. The van der Waals surface area contributed by atoms with E-state index in [1.165, 1.54) is 38.3 Å². The van der Waals surface area contributed by atoms with Crippen LogP contribution in [0.1, 0.15) is 12.5 Å². The van der Waals surface area contributed by atoms with E-state index in [0.29, 0.717) is 0 Å². The van der Waals surface area contributed by atoms with E-state index in [4.69, 9.17) is 0 Å². The van der Waals surface area contributed by atoms with Gasteiger partial charge >= 0.3 is 0 Å². The molecule has 1 aliphatic rings. The number of rotatable bonds is 3. The van der Waals surface area contributed by atoms with Crippen molar-refractivity contribution < 1.29 is 0 Å². The van der Waals surface area contributed by atoms with E-state index >= 15 is 0 Å². The second-order valence-corrected chi connectivity index (χ2v) is 4.20. The molecule has 2 rings (SSSR count). The van der Waals surface area contributed by atoms with Crippen LogP contribution < -0.4 is 0 Å².